The summed E-state index contributed by atoms with van der Waals surface area (Å²) in [5.74, 6) is 2.39. The summed E-state index contributed by atoms with van der Waals surface area (Å²) in [4.78, 5) is 28.7. The van der Waals surface area contributed by atoms with Gasteiger partial charge < -0.3 is 15.1 Å². The van der Waals surface area contributed by atoms with Crippen LogP contribution in [0, 0.1) is 24.1 Å². The summed E-state index contributed by atoms with van der Waals surface area (Å²) < 4.78 is 14.0. The van der Waals surface area contributed by atoms with Crippen molar-refractivity contribution < 1.29 is 16.8 Å². The molecule has 5 nitrogen and oxygen atoms in total. The van der Waals surface area contributed by atoms with Crippen LogP contribution in [0.2, 0.25) is 0 Å². The van der Waals surface area contributed by atoms with E-state index in [1.807, 2.05) is 4.90 Å². The molecule has 0 bridgehead atoms. The highest BCUT2D eigenvalue weighted by molar-refractivity contribution is 5.94. The van der Waals surface area contributed by atoms with E-state index in [1.54, 1.807) is 19.1 Å². The van der Waals surface area contributed by atoms with Gasteiger partial charge in [-0.25, -0.2) is 4.39 Å². The molecule has 2 amide bonds. The van der Waals surface area contributed by atoms with Crippen molar-refractivity contribution >= 4 is 17.5 Å². The Morgan fingerprint density at radius 1 is 1.27 bits per heavy atom. The van der Waals surface area contributed by atoms with Gasteiger partial charge in [-0.05, 0) is 75.4 Å². The van der Waals surface area contributed by atoms with Gasteiger partial charge in [0.2, 0.25) is 11.8 Å². The van der Waals surface area contributed by atoms with Crippen LogP contribution >= 0.6 is 0 Å². The Hall–Kier alpha value is -2.39. The molecule has 2 aliphatic heterocycles. The van der Waals surface area contributed by atoms with Crippen LogP contribution in [-0.4, -0.2) is 48.9 Å². The molecule has 4 rings (SSSR count). The highest BCUT2D eigenvalue weighted by Gasteiger charge is 2.46. The standard InChI is InChI=1S/C24H30FN3O2.2H2/c1-3-12-26-23(30)18-4-7-20(8-5-18)27-13-10-24(11-14-27)16-28(17(2)29)22-9-6-19(25)15-21(22)24;;/h1,6,9,15,18,20H,4-5,7-8,10-14,16H2,2H3,(H,26,30);2*1H. The van der Waals surface area contributed by atoms with Gasteiger partial charge in [0.05, 0.1) is 6.54 Å². The van der Waals surface area contributed by atoms with E-state index in [2.05, 4.69) is 16.1 Å². The zero-order valence-corrected chi connectivity index (χ0v) is 17.6. The third-order valence-corrected chi connectivity index (χ3v) is 7.37. The monoisotopic (exact) mass is 415 g/mol. The van der Waals surface area contributed by atoms with Crippen LogP contribution in [0.4, 0.5) is 10.1 Å². The molecule has 2 fully saturated rings. The first kappa shape index (κ1) is 20.9. The Balaban J connectivity index is 0.00000181. The third kappa shape index (κ3) is 3.83. The molecular formula is C24H34FN3O2. The number of terminal acetylenes is 1. The van der Waals surface area contributed by atoms with Gasteiger partial charge in [0.1, 0.15) is 5.82 Å². The van der Waals surface area contributed by atoms with Crippen molar-refractivity contribution in [3.8, 4) is 12.3 Å². The lowest BCUT2D eigenvalue weighted by Gasteiger charge is -2.44. The molecular weight excluding hydrogens is 381 g/mol. The summed E-state index contributed by atoms with van der Waals surface area (Å²) in [7, 11) is 0. The molecule has 0 radical (unpaired) electrons. The van der Waals surface area contributed by atoms with Crippen LogP contribution in [0.3, 0.4) is 0 Å². The zero-order chi connectivity index (χ0) is 21.3. The summed E-state index contributed by atoms with van der Waals surface area (Å²) in [5.41, 5.74) is 1.72. The molecule has 1 saturated heterocycles. The van der Waals surface area contributed by atoms with Gasteiger partial charge >= 0.3 is 0 Å². The number of likely N-dealkylation sites (tertiary alicyclic amines) is 1. The van der Waals surface area contributed by atoms with E-state index in [0.29, 0.717) is 19.1 Å². The first-order chi connectivity index (χ1) is 14.4. The third-order valence-electron chi connectivity index (χ3n) is 7.37. The summed E-state index contributed by atoms with van der Waals surface area (Å²) in [6, 6.07) is 5.32. The largest absolute Gasteiger partial charge is 0.345 e. The summed E-state index contributed by atoms with van der Waals surface area (Å²) in [6.45, 7) is 4.42. The van der Waals surface area contributed by atoms with E-state index in [-0.39, 0.29) is 31.8 Å². The van der Waals surface area contributed by atoms with Crippen LogP contribution in [0.15, 0.2) is 18.2 Å². The lowest BCUT2D eigenvalue weighted by atomic mass is 9.73. The fourth-order valence-corrected chi connectivity index (χ4v) is 5.65. The van der Waals surface area contributed by atoms with Crippen molar-refractivity contribution in [1.29, 1.82) is 0 Å². The second kappa shape index (κ2) is 8.39. The number of hydrogen-bond acceptors (Lipinski definition) is 3. The Labute approximate surface area is 181 Å². The number of nitrogens with zero attached hydrogens (tertiary/aromatic N) is 2. The molecule has 1 aromatic carbocycles. The highest BCUT2D eigenvalue weighted by Crippen LogP contribution is 2.48. The Bertz CT molecular complexity index is 872. The second-order valence-corrected chi connectivity index (χ2v) is 9.01. The Morgan fingerprint density at radius 2 is 1.97 bits per heavy atom. The lowest BCUT2D eigenvalue weighted by molar-refractivity contribution is -0.126. The smallest absolute Gasteiger partial charge is 0.223 e. The number of carbonyl (C=O) groups is 2. The average molecular weight is 416 g/mol. The fraction of sp³-hybridized carbons (Fsp3) is 0.583. The molecule has 1 aliphatic carbocycles. The highest BCUT2D eigenvalue weighted by atomic mass is 19.1. The molecule has 0 atom stereocenters. The number of anilines is 1. The predicted octanol–water partition coefficient (Wildman–Crippen LogP) is 3.33. The number of halogens is 1. The summed E-state index contributed by atoms with van der Waals surface area (Å²) >= 11 is 0. The number of fused-ring (bicyclic) bond motifs is 2. The first-order valence-electron chi connectivity index (χ1n) is 11.0. The number of amides is 2. The van der Waals surface area contributed by atoms with Crippen molar-refractivity contribution in [2.75, 3.05) is 31.1 Å². The first-order valence-corrected chi connectivity index (χ1v) is 11.0. The summed E-state index contributed by atoms with van der Waals surface area (Å²) in [5, 5.41) is 2.81. The Morgan fingerprint density at radius 3 is 2.60 bits per heavy atom. The maximum Gasteiger partial charge on any atom is 0.223 e. The number of nitrogens with one attached hydrogen (secondary N) is 1. The maximum atomic E-state index is 14.0. The second-order valence-electron chi connectivity index (χ2n) is 9.01. The molecule has 1 N–H and O–H groups in total. The molecule has 0 aromatic heterocycles. The van der Waals surface area contributed by atoms with Crippen LogP contribution in [0.25, 0.3) is 0 Å². The van der Waals surface area contributed by atoms with Gasteiger partial charge in [0.25, 0.3) is 0 Å². The van der Waals surface area contributed by atoms with Crippen LogP contribution in [0.1, 0.15) is 53.9 Å². The van der Waals surface area contributed by atoms with Crippen molar-refractivity contribution in [2.45, 2.75) is 56.9 Å². The van der Waals surface area contributed by atoms with Crippen LogP contribution in [-0.2, 0) is 15.0 Å². The van der Waals surface area contributed by atoms with Gasteiger partial charge in [0.15, 0.2) is 0 Å². The molecule has 3 aliphatic rings. The Kier molecular flexibility index (Phi) is 5.84. The van der Waals surface area contributed by atoms with Crippen molar-refractivity contribution in [2.24, 2.45) is 5.92 Å². The van der Waals surface area contributed by atoms with Crippen LogP contribution in [0.5, 0.6) is 0 Å². The van der Waals surface area contributed by atoms with Gasteiger partial charge in [-0.15, -0.1) is 6.42 Å². The fourth-order valence-electron chi connectivity index (χ4n) is 5.65. The number of piperidine rings is 1. The minimum Gasteiger partial charge on any atom is -0.345 e. The van der Waals surface area contributed by atoms with E-state index in [1.165, 1.54) is 6.07 Å². The molecule has 1 spiro atoms. The minimum absolute atomic E-state index is 0. The van der Waals surface area contributed by atoms with Gasteiger partial charge in [-0.3, -0.25) is 9.59 Å². The normalized spacial score (nSPS) is 25.6. The minimum atomic E-state index is -0.234. The predicted molar refractivity (Wildman–Crippen MR) is 119 cm³/mol. The quantitative estimate of drug-likeness (QED) is 0.771. The number of carbonyl (C=O) groups excluding carboxylic acids is 2. The molecule has 30 heavy (non-hydrogen) atoms. The van der Waals surface area contributed by atoms with Gasteiger partial charge in [-0.1, -0.05) is 5.92 Å². The van der Waals surface area contributed by atoms with Gasteiger partial charge in [0, 0.05) is 39.4 Å². The summed E-state index contributed by atoms with van der Waals surface area (Å²) in [6.07, 6.45) is 10.9. The van der Waals surface area contributed by atoms with Crippen molar-refractivity contribution in [1.82, 2.24) is 10.2 Å². The molecule has 0 unspecified atom stereocenters. The van der Waals surface area contributed by atoms with E-state index in [9.17, 15) is 14.0 Å². The van der Waals surface area contributed by atoms with E-state index in [4.69, 9.17) is 6.42 Å². The number of benzene rings is 1. The zero-order valence-electron chi connectivity index (χ0n) is 17.6. The number of rotatable bonds is 3. The van der Waals surface area contributed by atoms with Crippen molar-refractivity contribution in [3.05, 3.63) is 29.6 Å². The topological polar surface area (TPSA) is 52.7 Å². The molecule has 1 saturated carbocycles. The molecule has 2 heterocycles. The van der Waals surface area contributed by atoms with E-state index < -0.39 is 0 Å². The molecule has 164 valence electrons. The lowest BCUT2D eigenvalue weighted by Crippen LogP contribution is -2.50. The van der Waals surface area contributed by atoms with E-state index in [0.717, 1.165) is 62.9 Å². The van der Waals surface area contributed by atoms with Crippen LogP contribution < -0.4 is 10.2 Å². The number of hydrogen-bond donors (Lipinski definition) is 1. The van der Waals surface area contributed by atoms with Gasteiger partial charge in [-0.2, -0.15) is 0 Å². The SMILES string of the molecule is C#CCNC(=O)C1CCC(N2CCC3(CC2)CN(C(C)=O)c2ccc(F)cc23)CC1.[HH].[HH]. The van der Waals surface area contributed by atoms with Crippen molar-refractivity contribution in [3.63, 3.8) is 0 Å². The molecule has 1 aromatic rings. The van der Waals surface area contributed by atoms with E-state index >= 15 is 0 Å². The molecule has 6 heteroatoms. The average Bonchev–Trinajstić information content (AvgIpc) is 3.06. The maximum absolute atomic E-state index is 14.0.